The van der Waals surface area contributed by atoms with E-state index in [4.69, 9.17) is 4.74 Å². The highest BCUT2D eigenvalue weighted by atomic mass is 19.4. The molecule has 2 rings (SSSR count). The van der Waals surface area contributed by atoms with Crippen molar-refractivity contribution in [2.45, 2.75) is 51.6 Å². The second-order valence-electron chi connectivity index (χ2n) is 5.23. The van der Waals surface area contributed by atoms with Crippen LogP contribution < -0.4 is 10.1 Å². The molecule has 0 aliphatic heterocycles. The Bertz CT molecular complexity index is 487. The number of alkyl halides is 3. The maximum absolute atomic E-state index is 12.1. The molecule has 1 saturated carbocycles. The summed E-state index contributed by atoms with van der Waals surface area (Å²) in [6, 6.07) is 0. The van der Waals surface area contributed by atoms with Crippen LogP contribution in [0.25, 0.3) is 0 Å². The summed E-state index contributed by atoms with van der Waals surface area (Å²) in [5, 5.41) is 3.14. The summed E-state index contributed by atoms with van der Waals surface area (Å²) in [6.07, 6.45) is -2.93. The molecule has 0 atom stereocenters. The van der Waals surface area contributed by atoms with Gasteiger partial charge in [-0.2, -0.15) is 18.2 Å². The number of halogens is 3. The average Bonchev–Trinajstić information content (AvgIpc) is 3.22. The highest BCUT2D eigenvalue weighted by Gasteiger charge is 2.29. The maximum Gasteiger partial charge on any atom is 0.389 e. The van der Waals surface area contributed by atoms with Crippen molar-refractivity contribution in [3.05, 3.63) is 11.4 Å². The minimum absolute atomic E-state index is 0.00698. The first-order valence-corrected chi connectivity index (χ1v) is 7.22. The van der Waals surface area contributed by atoms with E-state index in [1.54, 1.807) is 0 Å². The molecule has 4 nitrogen and oxygen atoms in total. The topological polar surface area (TPSA) is 47.0 Å². The van der Waals surface area contributed by atoms with Crippen LogP contribution in [-0.2, 0) is 0 Å². The van der Waals surface area contributed by atoms with E-state index in [1.807, 2.05) is 13.8 Å². The standard InChI is InChI=1S/C14H20F3N3O/c1-3-18-11-9(2)13(20-12(19-11)10-5-6-10)21-8-4-7-14(15,16)17/h10H,3-8H2,1-2H3,(H,18,19,20). The lowest BCUT2D eigenvalue weighted by Crippen LogP contribution is -2.12. The molecule has 0 bridgehead atoms. The predicted octanol–water partition coefficient (Wildman–Crippen LogP) is 3.82. The second-order valence-corrected chi connectivity index (χ2v) is 5.23. The van der Waals surface area contributed by atoms with Crippen molar-refractivity contribution in [1.29, 1.82) is 0 Å². The van der Waals surface area contributed by atoms with Crippen molar-refractivity contribution in [3.8, 4) is 5.88 Å². The average molecular weight is 303 g/mol. The van der Waals surface area contributed by atoms with Crippen LogP contribution in [0.15, 0.2) is 0 Å². The molecule has 1 aliphatic rings. The summed E-state index contributed by atoms with van der Waals surface area (Å²) in [7, 11) is 0. The van der Waals surface area contributed by atoms with Crippen molar-refractivity contribution in [2.24, 2.45) is 0 Å². The van der Waals surface area contributed by atoms with Gasteiger partial charge in [0.15, 0.2) is 0 Å². The van der Waals surface area contributed by atoms with E-state index in [1.165, 1.54) is 0 Å². The predicted molar refractivity (Wildman–Crippen MR) is 73.7 cm³/mol. The number of anilines is 1. The molecular formula is C14H20F3N3O. The van der Waals surface area contributed by atoms with Crippen LogP contribution in [0, 0.1) is 6.92 Å². The monoisotopic (exact) mass is 303 g/mol. The van der Waals surface area contributed by atoms with Crippen LogP contribution >= 0.6 is 0 Å². The van der Waals surface area contributed by atoms with Gasteiger partial charge in [0.1, 0.15) is 11.6 Å². The Labute approximate surface area is 122 Å². The summed E-state index contributed by atoms with van der Waals surface area (Å²) in [5.74, 6) is 2.19. The molecule has 0 radical (unpaired) electrons. The first-order valence-electron chi connectivity index (χ1n) is 7.22. The molecule has 7 heteroatoms. The van der Waals surface area contributed by atoms with Crippen molar-refractivity contribution in [2.75, 3.05) is 18.5 Å². The third kappa shape index (κ3) is 4.75. The molecular weight excluding hydrogens is 283 g/mol. The van der Waals surface area contributed by atoms with Gasteiger partial charge in [0.05, 0.1) is 12.2 Å². The minimum atomic E-state index is -4.14. The summed E-state index contributed by atoms with van der Waals surface area (Å²) in [6.45, 7) is 4.50. The first kappa shape index (κ1) is 15.9. The molecule has 0 saturated heterocycles. The Morgan fingerprint density at radius 2 is 2.00 bits per heavy atom. The third-order valence-corrected chi connectivity index (χ3v) is 3.25. The maximum atomic E-state index is 12.1. The Morgan fingerprint density at radius 3 is 2.57 bits per heavy atom. The lowest BCUT2D eigenvalue weighted by atomic mass is 10.3. The molecule has 0 aromatic carbocycles. The third-order valence-electron chi connectivity index (χ3n) is 3.25. The van der Waals surface area contributed by atoms with E-state index < -0.39 is 12.6 Å². The molecule has 1 heterocycles. The van der Waals surface area contributed by atoms with Crippen LogP contribution in [0.3, 0.4) is 0 Å². The molecule has 0 amide bonds. The molecule has 1 aliphatic carbocycles. The van der Waals surface area contributed by atoms with Crippen LogP contribution in [-0.4, -0.2) is 29.3 Å². The molecule has 21 heavy (non-hydrogen) atoms. The SMILES string of the molecule is CCNc1nc(C2CC2)nc(OCCCC(F)(F)F)c1C. The Morgan fingerprint density at radius 1 is 1.29 bits per heavy atom. The Hall–Kier alpha value is -1.53. The normalized spacial score (nSPS) is 15.1. The summed E-state index contributed by atoms with van der Waals surface area (Å²) >= 11 is 0. The number of aromatic nitrogens is 2. The lowest BCUT2D eigenvalue weighted by molar-refractivity contribution is -0.136. The number of hydrogen-bond donors (Lipinski definition) is 1. The number of ether oxygens (including phenoxy) is 1. The van der Waals surface area contributed by atoms with Gasteiger partial charge in [0.2, 0.25) is 5.88 Å². The van der Waals surface area contributed by atoms with E-state index in [2.05, 4.69) is 15.3 Å². The molecule has 1 aromatic heterocycles. The smallest absolute Gasteiger partial charge is 0.389 e. The number of nitrogens with zero attached hydrogens (tertiary/aromatic N) is 2. The fourth-order valence-corrected chi connectivity index (χ4v) is 1.96. The lowest BCUT2D eigenvalue weighted by Gasteiger charge is -2.14. The molecule has 1 fully saturated rings. The highest BCUT2D eigenvalue weighted by molar-refractivity contribution is 5.49. The molecule has 118 valence electrons. The van der Waals surface area contributed by atoms with Crippen molar-refractivity contribution >= 4 is 5.82 Å². The van der Waals surface area contributed by atoms with Crippen LogP contribution in [0.5, 0.6) is 5.88 Å². The van der Waals surface area contributed by atoms with Gasteiger partial charge in [0.25, 0.3) is 0 Å². The van der Waals surface area contributed by atoms with Gasteiger partial charge in [0, 0.05) is 18.9 Å². The summed E-state index contributed by atoms with van der Waals surface area (Å²) < 4.78 is 41.8. The molecule has 0 unspecified atom stereocenters. The summed E-state index contributed by atoms with van der Waals surface area (Å²) in [5.41, 5.74) is 0.744. The second kappa shape index (κ2) is 6.49. The van der Waals surface area contributed by atoms with Crippen molar-refractivity contribution < 1.29 is 17.9 Å². The van der Waals surface area contributed by atoms with Gasteiger partial charge < -0.3 is 10.1 Å². The minimum Gasteiger partial charge on any atom is -0.477 e. The van der Waals surface area contributed by atoms with Gasteiger partial charge in [-0.3, -0.25) is 0 Å². The molecule has 0 spiro atoms. The Kier molecular flexibility index (Phi) is 4.90. The van der Waals surface area contributed by atoms with Crippen molar-refractivity contribution in [3.63, 3.8) is 0 Å². The van der Waals surface area contributed by atoms with Crippen molar-refractivity contribution in [1.82, 2.24) is 9.97 Å². The van der Waals surface area contributed by atoms with Gasteiger partial charge in [-0.25, -0.2) is 4.98 Å². The zero-order valence-corrected chi connectivity index (χ0v) is 12.3. The highest BCUT2D eigenvalue weighted by Crippen LogP contribution is 2.40. The fourth-order valence-electron chi connectivity index (χ4n) is 1.96. The van der Waals surface area contributed by atoms with E-state index in [0.29, 0.717) is 17.6 Å². The zero-order chi connectivity index (χ0) is 15.5. The number of rotatable bonds is 7. The molecule has 1 N–H and O–H groups in total. The fraction of sp³-hybridized carbons (Fsp3) is 0.714. The van der Waals surface area contributed by atoms with Gasteiger partial charge >= 0.3 is 6.18 Å². The van der Waals surface area contributed by atoms with Gasteiger partial charge in [-0.1, -0.05) is 0 Å². The largest absolute Gasteiger partial charge is 0.477 e. The number of nitrogens with one attached hydrogen (secondary N) is 1. The summed E-state index contributed by atoms with van der Waals surface area (Å²) in [4.78, 5) is 8.83. The van der Waals surface area contributed by atoms with E-state index in [9.17, 15) is 13.2 Å². The quantitative estimate of drug-likeness (QED) is 0.778. The van der Waals surface area contributed by atoms with E-state index >= 15 is 0 Å². The van der Waals surface area contributed by atoms with Gasteiger partial charge in [-0.05, 0) is 33.1 Å². The zero-order valence-electron chi connectivity index (χ0n) is 12.3. The van der Waals surface area contributed by atoms with E-state index in [0.717, 1.165) is 30.8 Å². The van der Waals surface area contributed by atoms with E-state index in [-0.39, 0.29) is 13.0 Å². The van der Waals surface area contributed by atoms with Gasteiger partial charge in [-0.15, -0.1) is 0 Å². The number of hydrogen-bond acceptors (Lipinski definition) is 4. The van der Waals surface area contributed by atoms with Crippen LogP contribution in [0.2, 0.25) is 0 Å². The first-order chi connectivity index (χ1) is 9.90. The van der Waals surface area contributed by atoms with Crippen LogP contribution in [0.1, 0.15) is 49.9 Å². The Balaban J connectivity index is 2.03. The van der Waals surface area contributed by atoms with Crippen LogP contribution in [0.4, 0.5) is 19.0 Å². The molecule has 1 aromatic rings.